The summed E-state index contributed by atoms with van der Waals surface area (Å²) in [6.45, 7) is 4.18. The number of aryl methyl sites for hydroxylation is 1. The SMILES string of the molecule is Cc1[nH]ccc1C(=O)N1CCC(c2nnc(Cn3ccnc3)n2C2CC2)CC1. The molecule has 1 saturated heterocycles. The van der Waals surface area contributed by atoms with Gasteiger partial charge in [-0.05, 0) is 38.7 Å². The van der Waals surface area contributed by atoms with Crippen LogP contribution < -0.4 is 0 Å². The molecule has 5 rings (SSSR count). The van der Waals surface area contributed by atoms with Gasteiger partial charge in [0.15, 0.2) is 5.82 Å². The summed E-state index contributed by atoms with van der Waals surface area (Å²) < 4.78 is 4.39. The predicted octanol–water partition coefficient (Wildman–Crippen LogP) is 2.51. The number of H-pyrrole nitrogens is 1. The summed E-state index contributed by atoms with van der Waals surface area (Å²) in [4.78, 5) is 21.9. The van der Waals surface area contributed by atoms with E-state index in [4.69, 9.17) is 0 Å². The zero-order valence-electron chi connectivity index (χ0n) is 16.1. The summed E-state index contributed by atoms with van der Waals surface area (Å²) in [6.07, 6.45) is 11.7. The first-order chi connectivity index (χ1) is 13.7. The molecule has 1 N–H and O–H groups in total. The number of likely N-dealkylation sites (tertiary alicyclic amines) is 1. The van der Waals surface area contributed by atoms with Crippen molar-refractivity contribution in [1.29, 1.82) is 0 Å². The van der Waals surface area contributed by atoms with E-state index in [-0.39, 0.29) is 5.91 Å². The minimum Gasteiger partial charge on any atom is -0.365 e. The van der Waals surface area contributed by atoms with Gasteiger partial charge in [-0.1, -0.05) is 0 Å². The monoisotopic (exact) mass is 379 g/mol. The van der Waals surface area contributed by atoms with Gasteiger partial charge >= 0.3 is 0 Å². The molecule has 0 unspecified atom stereocenters. The van der Waals surface area contributed by atoms with Gasteiger partial charge in [-0.15, -0.1) is 10.2 Å². The molecule has 1 aliphatic carbocycles. The highest BCUT2D eigenvalue weighted by atomic mass is 16.2. The van der Waals surface area contributed by atoms with Crippen LogP contribution in [-0.4, -0.2) is 53.2 Å². The first-order valence-corrected chi connectivity index (χ1v) is 10.0. The molecular weight excluding hydrogens is 354 g/mol. The van der Waals surface area contributed by atoms with E-state index in [0.29, 0.717) is 18.5 Å². The van der Waals surface area contributed by atoms with Crippen molar-refractivity contribution in [3.8, 4) is 0 Å². The van der Waals surface area contributed by atoms with Crippen LogP contribution in [0.25, 0.3) is 0 Å². The highest BCUT2D eigenvalue weighted by molar-refractivity contribution is 5.95. The number of imidazole rings is 1. The molecule has 28 heavy (non-hydrogen) atoms. The number of carbonyl (C=O) groups excluding carboxylic acids is 1. The lowest BCUT2D eigenvalue weighted by Crippen LogP contribution is -2.38. The van der Waals surface area contributed by atoms with Gasteiger partial charge in [-0.3, -0.25) is 4.79 Å². The van der Waals surface area contributed by atoms with Gasteiger partial charge in [0.05, 0.1) is 18.4 Å². The maximum absolute atomic E-state index is 12.8. The Morgan fingerprint density at radius 3 is 2.68 bits per heavy atom. The fraction of sp³-hybridized carbons (Fsp3) is 0.500. The van der Waals surface area contributed by atoms with Crippen molar-refractivity contribution < 1.29 is 4.79 Å². The topological polar surface area (TPSA) is 84.6 Å². The summed E-state index contributed by atoms with van der Waals surface area (Å²) in [6, 6.07) is 2.40. The van der Waals surface area contributed by atoms with Crippen molar-refractivity contribution in [2.24, 2.45) is 0 Å². The van der Waals surface area contributed by atoms with Crippen LogP contribution in [-0.2, 0) is 6.54 Å². The van der Waals surface area contributed by atoms with Gasteiger partial charge < -0.3 is 19.0 Å². The highest BCUT2D eigenvalue weighted by Crippen LogP contribution is 2.40. The van der Waals surface area contributed by atoms with Crippen molar-refractivity contribution >= 4 is 5.91 Å². The first-order valence-electron chi connectivity index (χ1n) is 10.0. The molecule has 0 radical (unpaired) electrons. The van der Waals surface area contributed by atoms with Crippen LogP contribution in [0.2, 0.25) is 0 Å². The molecule has 1 aliphatic heterocycles. The van der Waals surface area contributed by atoms with Gasteiger partial charge in [0, 0.05) is 49.3 Å². The van der Waals surface area contributed by atoms with E-state index < -0.39 is 0 Å². The fourth-order valence-corrected chi connectivity index (χ4v) is 4.19. The molecule has 3 aromatic rings. The van der Waals surface area contributed by atoms with Crippen LogP contribution in [0.15, 0.2) is 31.0 Å². The Labute approximate surface area is 163 Å². The van der Waals surface area contributed by atoms with Crippen molar-refractivity contribution in [2.75, 3.05) is 13.1 Å². The van der Waals surface area contributed by atoms with Crippen LogP contribution in [0.3, 0.4) is 0 Å². The molecule has 4 heterocycles. The Balaban J connectivity index is 1.31. The van der Waals surface area contributed by atoms with Crippen LogP contribution in [0.4, 0.5) is 0 Å². The zero-order chi connectivity index (χ0) is 19.1. The first kappa shape index (κ1) is 17.2. The molecule has 0 bridgehead atoms. The quantitative estimate of drug-likeness (QED) is 0.738. The lowest BCUT2D eigenvalue weighted by Gasteiger charge is -2.32. The Kier molecular flexibility index (Phi) is 4.26. The van der Waals surface area contributed by atoms with E-state index in [1.165, 1.54) is 12.8 Å². The largest absolute Gasteiger partial charge is 0.365 e. The summed E-state index contributed by atoms with van der Waals surface area (Å²) in [5.74, 6) is 2.60. The number of rotatable bonds is 5. The average Bonchev–Trinajstić information content (AvgIpc) is 3.09. The van der Waals surface area contributed by atoms with E-state index in [1.54, 1.807) is 6.20 Å². The van der Waals surface area contributed by atoms with Crippen LogP contribution >= 0.6 is 0 Å². The predicted molar refractivity (Wildman–Crippen MR) is 103 cm³/mol. The number of nitrogens with one attached hydrogen (secondary N) is 1. The number of nitrogens with zero attached hydrogens (tertiary/aromatic N) is 6. The maximum atomic E-state index is 12.8. The molecule has 146 valence electrons. The fourth-order valence-electron chi connectivity index (χ4n) is 4.19. The lowest BCUT2D eigenvalue weighted by molar-refractivity contribution is 0.0709. The Hall–Kier alpha value is -2.90. The average molecular weight is 379 g/mol. The number of aromatic amines is 1. The smallest absolute Gasteiger partial charge is 0.255 e. The van der Waals surface area contributed by atoms with Gasteiger partial charge in [0.2, 0.25) is 0 Å². The van der Waals surface area contributed by atoms with Crippen molar-refractivity contribution in [3.63, 3.8) is 0 Å². The third kappa shape index (κ3) is 3.12. The Morgan fingerprint density at radius 2 is 2.04 bits per heavy atom. The number of hydrogen-bond acceptors (Lipinski definition) is 4. The molecule has 0 spiro atoms. The summed E-state index contributed by atoms with van der Waals surface area (Å²) in [7, 11) is 0. The molecular formula is C20H25N7O. The van der Waals surface area contributed by atoms with Crippen LogP contribution in [0.1, 0.15) is 65.3 Å². The van der Waals surface area contributed by atoms with E-state index in [1.807, 2.05) is 41.2 Å². The molecule has 0 aromatic carbocycles. The molecule has 1 amide bonds. The van der Waals surface area contributed by atoms with Gasteiger partial charge in [-0.2, -0.15) is 0 Å². The minimum atomic E-state index is 0.127. The number of hydrogen-bond donors (Lipinski definition) is 1. The summed E-state index contributed by atoms with van der Waals surface area (Å²) in [5.41, 5.74) is 1.71. The number of piperidine rings is 1. The lowest BCUT2D eigenvalue weighted by atomic mass is 9.95. The number of carbonyl (C=O) groups is 1. The standard InChI is InChI=1S/C20H25N7O/c1-14-17(4-7-22-14)20(28)26-9-5-15(6-10-26)19-24-23-18(27(19)16-2-3-16)12-25-11-8-21-13-25/h4,7-8,11,13,15-16,22H,2-3,5-6,9-10,12H2,1H3. The number of amides is 1. The molecule has 8 heteroatoms. The normalized spacial score (nSPS) is 18.0. The molecule has 0 atom stereocenters. The molecule has 2 aliphatic rings. The molecule has 3 aromatic heterocycles. The van der Waals surface area contributed by atoms with E-state index in [0.717, 1.165) is 48.8 Å². The third-order valence-corrected chi connectivity index (χ3v) is 5.92. The van der Waals surface area contributed by atoms with E-state index in [2.05, 4.69) is 24.7 Å². The number of aromatic nitrogens is 6. The second-order valence-corrected chi connectivity index (χ2v) is 7.89. The summed E-state index contributed by atoms with van der Waals surface area (Å²) in [5, 5.41) is 9.10. The second kappa shape index (κ2) is 6.92. The molecule has 1 saturated carbocycles. The van der Waals surface area contributed by atoms with Gasteiger partial charge in [0.1, 0.15) is 5.82 Å². The van der Waals surface area contributed by atoms with Crippen molar-refractivity contribution in [2.45, 2.75) is 51.1 Å². The Bertz CT molecular complexity index is 959. The summed E-state index contributed by atoms with van der Waals surface area (Å²) >= 11 is 0. The molecule has 2 fully saturated rings. The van der Waals surface area contributed by atoms with Gasteiger partial charge in [0.25, 0.3) is 5.91 Å². The third-order valence-electron chi connectivity index (χ3n) is 5.92. The van der Waals surface area contributed by atoms with E-state index >= 15 is 0 Å². The van der Waals surface area contributed by atoms with Crippen molar-refractivity contribution in [3.05, 3.63) is 53.9 Å². The van der Waals surface area contributed by atoms with E-state index in [9.17, 15) is 4.79 Å². The minimum absolute atomic E-state index is 0.127. The van der Waals surface area contributed by atoms with Crippen LogP contribution in [0, 0.1) is 6.92 Å². The Morgan fingerprint density at radius 1 is 1.21 bits per heavy atom. The molecule has 8 nitrogen and oxygen atoms in total. The maximum Gasteiger partial charge on any atom is 0.255 e. The second-order valence-electron chi connectivity index (χ2n) is 7.89. The van der Waals surface area contributed by atoms with Crippen LogP contribution in [0.5, 0.6) is 0 Å². The zero-order valence-corrected chi connectivity index (χ0v) is 16.1. The van der Waals surface area contributed by atoms with Gasteiger partial charge in [-0.25, -0.2) is 4.98 Å². The highest BCUT2D eigenvalue weighted by Gasteiger charge is 2.34. The van der Waals surface area contributed by atoms with Crippen molar-refractivity contribution in [1.82, 2.24) is 34.2 Å².